The van der Waals surface area contributed by atoms with Crippen LogP contribution in [-0.2, 0) is 14.3 Å². The first-order valence-corrected chi connectivity index (χ1v) is 4.84. The van der Waals surface area contributed by atoms with Gasteiger partial charge in [-0.05, 0) is 6.42 Å². The predicted octanol–water partition coefficient (Wildman–Crippen LogP) is -0.495. The molecule has 3 N–H and O–H groups in total. The van der Waals surface area contributed by atoms with E-state index in [0.717, 1.165) is 6.42 Å². The Morgan fingerprint density at radius 3 is 2.79 bits per heavy atom. The first-order chi connectivity index (χ1) is 6.81. The monoisotopic (exact) mass is 204 g/mol. The summed E-state index contributed by atoms with van der Waals surface area (Å²) in [5.74, 6) is 0.0402. The summed E-state index contributed by atoms with van der Waals surface area (Å²) in [6.07, 6.45) is 1.26. The Kier molecular flexibility index (Phi) is 9.95. The van der Waals surface area contributed by atoms with Gasteiger partial charge in [0.25, 0.3) is 0 Å². The maximum absolute atomic E-state index is 11.1. The summed E-state index contributed by atoms with van der Waals surface area (Å²) >= 11 is 0. The third-order valence-corrected chi connectivity index (χ3v) is 1.58. The molecule has 1 amide bonds. The molecule has 0 aliphatic heterocycles. The molecule has 0 atom stereocenters. The summed E-state index contributed by atoms with van der Waals surface area (Å²) in [7, 11) is 1.62. The number of carbonyl (C=O) groups is 1. The van der Waals surface area contributed by atoms with E-state index in [1.807, 2.05) is 0 Å². The molecule has 0 heterocycles. The molecule has 0 radical (unpaired) electrons. The van der Waals surface area contributed by atoms with Gasteiger partial charge in [-0.15, -0.1) is 0 Å². The molecule has 0 aliphatic rings. The van der Waals surface area contributed by atoms with Crippen LogP contribution in [0.4, 0.5) is 0 Å². The molecular weight excluding hydrogens is 184 g/mol. The Balaban J connectivity index is 3.10. The van der Waals surface area contributed by atoms with Crippen molar-refractivity contribution in [2.45, 2.75) is 12.8 Å². The van der Waals surface area contributed by atoms with E-state index < -0.39 is 0 Å². The van der Waals surface area contributed by atoms with Crippen molar-refractivity contribution >= 4 is 5.91 Å². The lowest BCUT2D eigenvalue weighted by Gasteiger charge is -2.05. The Hall–Kier alpha value is -0.650. The van der Waals surface area contributed by atoms with Crippen molar-refractivity contribution in [1.29, 1.82) is 0 Å². The van der Waals surface area contributed by atoms with Gasteiger partial charge in [0.05, 0.1) is 13.2 Å². The first-order valence-electron chi connectivity index (χ1n) is 4.84. The van der Waals surface area contributed by atoms with Crippen LogP contribution in [0.1, 0.15) is 12.8 Å². The van der Waals surface area contributed by atoms with Gasteiger partial charge < -0.3 is 20.5 Å². The zero-order valence-corrected chi connectivity index (χ0v) is 8.75. The van der Waals surface area contributed by atoms with E-state index in [-0.39, 0.29) is 5.91 Å². The molecule has 5 heteroatoms. The molecule has 0 saturated carbocycles. The van der Waals surface area contributed by atoms with E-state index in [4.69, 9.17) is 15.2 Å². The maximum atomic E-state index is 11.1. The summed E-state index contributed by atoms with van der Waals surface area (Å²) in [6.45, 7) is 2.75. The molecule has 0 aromatic rings. The average molecular weight is 204 g/mol. The van der Waals surface area contributed by atoms with Crippen molar-refractivity contribution in [1.82, 2.24) is 5.32 Å². The summed E-state index contributed by atoms with van der Waals surface area (Å²) in [5, 5.41) is 2.74. The Morgan fingerprint density at radius 2 is 2.14 bits per heavy atom. The lowest BCUT2D eigenvalue weighted by Crippen LogP contribution is -2.27. The van der Waals surface area contributed by atoms with Crippen molar-refractivity contribution in [3.05, 3.63) is 0 Å². The van der Waals surface area contributed by atoms with E-state index >= 15 is 0 Å². The summed E-state index contributed by atoms with van der Waals surface area (Å²) in [6, 6.07) is 0. The molecular formula is C9H20N2O3. The van der Waals surface area contributed by atoms with Crippen LogP contribution in [0, 0.1) is 0 Å². The van der Waals surface area contributed by atoms with Crippen LogP contribution in [0.2, 0.25) is 0 Å². The van der Waals surface area contributed by atoms with Gasteiger partial charge in [0.15, 0.2) is 0 Å². The highest BCUT2D eigenvalue weighted by Crippen LogP contribution is 1.88. The number of hydrogen-bond donors (Lipinski definition) is 2. The smallest absolute Gasteiger partial charge is 0.220 e. The lowest BCUT2D eigenvalue weighted by molar-refractivity contribution is -0.121. The van der Waals surface area contributed by atoms with E-state index in [0.29, 0.717) is 39.3 Å². The minimum absolute atomic E-state index is 0.0402. The number of amides is 1. The Morgan fingerprint density at radius 1 is 1.36 bits per heavy atom. The fraction of sp³-hybridized carbons (Fsp3) is 0.889. The molecule has 0 rings (SSSR count). The summed E-state index contributed by atoms with van der Waals surface area (Å²) in [4.78, 5) is 11.1. The van der Waals surface area contributed by atoms with E-state index in [1.54, 1.807) is 7.11 Å². The quantitative estimate of drug-likeness (QED) is 0.497. The van der Waals surface area contributed by atoms with Crippen LogP contribution < -0.4 is 11.1 Å². The van der Waals surface area contributed by atoms with Crippen LogP contribution in [0.25, 0.3) is 0 Å². The van der Waals surface area contributed by atoms with Crippen LogP contribution in [0.3, 0.4) is 0 Å². The van der Waals surface area contributed by atoms with Crippen LogP contribution >= 0.6 is 0 Å². The maximum Gasteiger partial charge on any atom is 0.220 e. The minimum Gasteiger partial charge on any atom is -0.385 e. The second-order valence-corrected chi connectivity index (χ2v) is 2.85. The lowest BCUT2D eigenvalue weighted by atomic mass is 10.3. The van der Waals surface area contributed by atoms with Crippen LogP contribution in [0.5, 0.6) is 0 Å². The standard InChI is InChI=1S/C9H20N2O3/c1-13-6-2-3-9(12)11-5-8-14-7-4-10/h2-8,10H2,1H3,(H,11,12). The number of methoxy groups -OCH3 is 1. The van der Waals surface area contributed by atoms with Crippen molar-refractivity contribution in [2.24, 2.45) is 5.73 Å². The van der Waals surface area contributed by atoms with Gasteiger partial charge in [-0.3, -0.25) is 4.79 Å². The number of rotatable bonds is 9. The highest BCUT2D eigenvalue weighted by Gasteiger charge is 1.99. The fourth-order valence-corrected chi connectivity index (χ4v) is 0.913. The highest BCUT2D eigenvalue weighted by molar-refractivity contribution is 5.75. The van der Waals surface area contributed by atoms with Gasteiger partial charge in [-0.25, -0.2) is 0 Å². The van der Waals surface area contributed by atoms with Gasteiger partial charge in [0.1, 0.15) is 0 Å². The summed E-state index contributed by atoms with van der Waals surface area (Å²) < 4.78 is 9.93. The van der Waals surface area contributed by atoms with Crippen molar-refractivity contribution in [3.8, 4) is 0 Å². The molecule has 0 aromatic carbocycles. The number of carbonyl (C=O) groups excluding carboxylic acids is 1. The zero-order chi connectivity index (χ0) is 10.6. The van der Waals surface area contributed by atoms with Gasteiger partial charge in [-0.2, -0.15) is 0 Å². The molecule has 14 heavy (non-hydrogen) atoms. The normalized spacial score (nSPS) is 10.1. The second-order valence-electron chi connectivity index (χ2n) is 2.85. The number of nitrogens with two attached hydrogens (primary N) is 1. The molecule has 0 fully saturated rings. The third kappa shape index (κ3) is 9.44. The van der Waals surface area contributed by atoms with E-state index in [9.17, 15) is 4.79 Å². The highest BCUT2D eigenvalue weighted by atomic mass is 16.5. The molecule has 0 bridgehead atoms. The van der Waals surface area contributed by atoms with Gasteiger partial charge in [0.2, 0.25) is 5.91 Å². The molecule has 0 unspecified atom stereocenters. The van der Waals surface area contributed by atoms with Crippen LogP contribution in [-0.4, -0.2) is 45.9 Å². The van der Waals surface area contributed by atoms with Crippen molar-refractivity contribution in [3.63, 3.8) is 0 Å². The van der Waals surface area contributed by atoms with Gasteiger partial charge in [0, 0.05) is 33.2 Å². The third-order valence-electron chi connectivity index (χ3n) is 1.58. The van der Waals surface area contributed by atoms with Crippen LogP contribution in [0.15, 0.2) is 0 Å². The van der Waals surface area contributed by atoms with E-state index in [1.165, 1.54) is 0 Å². The van der Waals surface area contributed by atoms with E-state index in [2.05, 4.69) is 5.32 Å². The topological polar surface area (TPSA) is 73.6 Å². The molecule has 0 aliphatic carbocycles. The average Bonchev–Trinajstić information content (AvgIpc) is 2.18. The Labute approximate surface area is 84.9 Å². The number of nitrogens with one attached hydrogen (secondary N) is 1. The number of ether oxygens (including phenoxy) is 2. The Bertz CT molecular complexity index is 142. The molecule has 5 nitrogen and oxygen atoms in total. The molecule has 0 aromatic heterocycles. The van der Waals surface area contributed by atoms with Crippen molar-refractivity contribution < 1.29 is 14.3 Å². The minimum atomic E-state index is 0.0402. The molecule has 84 valence electrons. The zero-order valence-electron chi connectivity index (χ0n) is 8.75. The summed E-state index contributed by atoms with van der Waals surface area (Å²) in [5.41, 5.74) is 5.23. The van der Waals surface area contributed by atoms with Gasteiger partial charge >= 0.3 is 0 Å². The SMILES string of the molecule is COCCCC(=O)NCCOCCN. The molecule has 0 saturated heterocycles. The van der Waals surface area contributed by atoms with Crippen molar-refractivity contribution in [2.75, 3.05) is 40.0 Å². The predicted molar refractivity (Wildman–Crippen MR) is 54.0 cm³/mol. The fourth-order valence-electron chi connectivity index (χ4n) is 0.913. The largest absolute Gasteiger partial charge is 0.385 e. The number of hydrogen-bond acceptors (Lipinski definition) is 4. The second kappa shape index (κ2) is 10.4. The first kappa shape index (κ1) is 13.4. The van der Waals surface area contributed by atoms with Gasteiger partial charge in [-0.1, -0.05) is 0 Å². The molecule has 0 spiro atoms.